The first-order valence-electron chi connectivity index (χ1n) is 15.9. The number of hydrogen-bond donors (Lipinski definition) is 0. The Bertz CT molecular complexity index is 323. The second-order valence-corrected chi connectivity index (χ2v) is 14.0. The summed E-state index contributed by atoms with van der Waals surface area (Å²) in [5.74, 6) is 4.51. The Balaban J connectivity index is 3.26. The van der Waals surface area contributed by atoms with Crippen LogP contribution in [0.3, 0.4) is 0 Å². The first kappa shape index (κ1) is 34.7. The Morgan fingerprint density at radius 1 is 0.353 bits per heavy atom. The normalized spacial score (nSPS) is 13.4. The van der Waals surface area contributed by atoms with Crippen LogP contribution in [0.1, 0.15) is 182 Å². The van der Waals surface area contributed by atoms with Gasteiger partial charge < -0.3 is 0 Å². The van der Waals surface area contributed by atoms with Gasteiger partial charge in [-0.3, -0.25) is 0 Å². The predicted octanol–water partition coefficient (Wildman–Crippen LogP) is 13.0. The minimum atomic E-state index is 0.901. The van der Waals surface area contributed by atoms with Gasteiger partial charge in [-0.05, 0) is 24.7 Å². The van der Waals surface area contributed by atoms with Gasteiger partial charge in [-0.25, -0.2) is 0 Å². The molecule has 0 heterocycles. The van der Waals surface area contributed by atoms with E-state index in [0.29, 0.717) is 0 Å². The summed E-state index contributed by atoms with van der Waals surface area (Å²) in [5, 5.41) is 0. The lowest BCUT2D eigenvalue weighted by Gasteiger charge is -2.13. The van der Waals surface area contributed by atoms with Crippen molar-refractivity contribution in [1.82, 2.24) is 0 Å². The molecule has 2 atom stereocenters. The van der Waals surface area contributed by atoms with Crippen LogP contribution in [0.2, 0.25) is 0 Å². The maximum absolute atomic E-state index is 2.47. The number of unbranched alkanes of at least 4 members (excludes halogenated alkanes) is 20. The molecule has 0 amide bonds. The summed E-state index contributed by atoms with van der Waals surface area (Å²) in [6.07, 6.45) is 35.0. The summed E-state index contributed by atoms with van der Waals surface area (Å²) >= 11 is 0. The molecule has 0 bridgehead atoms. The predicted molar refractivity (Wildman–Crippen MR) is 165 cm³/mol. The van der Waals surface area contributed by atoms with Crippen molar-refractivity contribution in [1.29, 1.82) is 0 Å². The minimum Gasteiger partial charge on any atom is -0.0939 e. The van der Waals surface area contributed by atoms with Crippen LogP contribution in [0.4, 0.5) is 0 Å². The highest BCUT2D eigenvalue weighted by molar-refractivity contribution is 8.76. The Labute approximate surface area is 226 Å². The lowest BCUT2D eigenvalue weighted by Crippen LogP contribution is -2.00. The zero-order chi connectivity index (χ0) is 25.0. The van der Waals surface area contributed by atoms with Gasteiger partial charge in [0.05, 0.1) is 0 Å². The maximum Gasteiger partial charge on any atom is 0.00626 e. The minimum absolute atomic E-state index is 0.901. The second-order valence-electron chi connectivity index (χ2n) is 11.4. The van der Waals surface area contributed by atoms with E-state index in [4.69, 9.17) is 0 Å². The number of rotatable bonds is 29. The molecule has 34 heavy (non-hydrogen) atoms. The van der Waals surface area contributed by atoms with Crippen molar-refractivity contribution in [2.24, 2.45) is 11.8 Å². The second kappa shape index (κ2) is 29.9. The van der Waals surface area contributed by atoms with Crippen molar-refractivity contribution in [3.8, 4) is 0 Å². The van der Waals surface area contributed by atoms with E-state index in [9.17, 15) is 0 Å². The third-order valence-electron chi connectivity index (χ3n) is 7.39. The van der Waals surface area contributed by atoms with Crippen molar-refractivity contribution in [3.05, 3.63) is 0 Å². The van der Waals surface area contributed by atoms with Gasteiger partial charge in [0.1, 0.15) is 0 Å². The van der Waals surface area contributed by atoms with Crippen LogP contribution in [-0.4, -0.2) is 11.5 Å². The Hall–Kier alpha value is 0.700. The molecule has 0 rings (SSSR count). The van der Waals surface area contributed by atoms with E-state index in [2.05, 4.69) is 49.3 Å². The Morgan fingerprint density at radius 3 is 0.853 bits per heavy atom. The van der Waals surface area contributed by atoms with Crippen LogP contribution in [0.25, 0.3) is 0 Å². The van der Waals surface area contributed by atoms with Crippen molar-refractivity contribution < 1.29 is 0 Å². The Kier molecular flexibility index (Phi) is 30.5. The molecule has 0 radical (unpaired) electrons. The van der Waals surface area contributed by atoms with Gasteiger partial charge in [0.2, 0.25) is 0 Å². The molecule has 0 aliphatic rings. The summed E-state index contributed by atoms with van der Waals surface area (Å²) in [4.78, 5) is 0. The van der Waals surface area contributed by atoms with E-state index in [-0.39, 0.29) is 0 Å². The van der Waals surface area contributed by atoms with Gasteiger partial charge in [-0.2, -0.15) is 0 Å². The first-order valence-corrected chi connectivity index (χ1v) is 18.4. The highest BCUT2D eigenvalue weighted by atomic mass is 33.1. The van der Waals surface area contributed by atoms with E-state index in [0.717, 1.165) is 11.8 Å². The van der Waals surface area contributed by atoms with Crippen LogP contribution < -0.4 is 0 Å². The van der Waals surface area contributed by atoms with E-state index in [1.807, 2.05) is 0 Å². The van der Waals surface area contributed by atoms with Crippen molar-refractivity contribution >= 4 is 21.6 Å². The molecule has 0 saturated heterocycles. The van der Waals surface area contributed by atoms with E-state index in [1.54, 1.807) is 0 Å². The molecular formula is C32H66S2. The van der Waals surface area contributed by atoms with E-state index < -0.39 is 0 Å². The van der Waals surface area contributed by atoms with Gasteiger partial charge in [0.25, 0.3) is 0 Å². The van der Waals surface area contributed by atoms with Crippen LogP contribution in [-0.2, 0) is 0 Å². The standard InChI is InChI=1S/C32H66S2/c1-5-7-9-11-13-15-17-19-21-23-25-27-31(3)29-33-34-30-32(4)28-26-24-22-20-18-16-14-12-10-8-6-2/h31-32H,5-30H2,1-4H3. The first-order chi connectivity index (χ1) is 16.7. The van der Waals surface area contributed by atoms with E-state index >= 15 is 0 Å². The monoisotopic (exact) mass is 514 g/mol. The molecule has 2 heteroatoms. The fourth-order valence-electron chi connectivity index (χ4n) is 4.81. The summed E-state index contributed by atoms with van der Waals surface area (Å²) in [6.45, 7) is 9.55. The lowest BCUT2D eigenvalue weighted by molar-refractivity contribution is 0.508. The van der Waals surface area contributed by atoms with Crippen LogP contribution in [0.5, 0.6) is 0 Å². The molecule has 0 aromatic heterocycles. The summed E-state index contributed by atoms with van der Waals surface area (Å²) in [7, 11) is 4.30. The molecule has 0 spiro atoms. The van der Waals surface area contributed by atoms with Crippen molar-refractivity contribution in [2.75, 3.05) is 11.5 Å². The average Bonchev–Trinajstić information content (AvgIpc) is 2.83. The third kappa shape index (κ3) is 28.9. The van der Waals surface area contributed by atoms with Gasteiger partial charge in [0.15, 0.2) is 0 Å². The molecule has 0 nitrogen and oxygen atoms in total. The molecule has 0 aromatic rings. The zero-order valence-electron chi connectivity index (χ0n) is 24.4. The fraction of sp³-hybridized carbons (Fsp3) is 1.00. The maximum atomic E-state index is 2.47. The fourth-order valence-corrected chi connectivity index (χ4v) is 7.77. The molecule has 0 aliphatic heterocycles. The summed E-state index contributed by atoms with van der Waals surface area (Å²) < 4.78 is 0. The molecule has 0 saturated carbocycles. The van der Waals surface area contributed by atoms with Gasteiger partial charge in [-0.15, -0.1) is 0 Å². The highest BCUT2D eigenvalue weighted by Gasteiger charge is 2.06. The molecule has 0 aromatic carbocycles. The zero-order valence-corrected chi connectivity index (χ0v) is 26.0. The molecule has 0 aliphatic carbocycles. The van der Waals surface area contributed by atoms with E-state index in [1.165, 1.54) is 166 Å². The molecule has 0 fully saturated rings. The highest BCUT2D eigenvalue weighted by Crippen LogP contribution is 2.29. The molecule has 2 unspecified atom stereocenters. The SMILES string of the molecule is CCCCCCCCCCCCCC(C)CSSCC(C)CCCCCCCCCCCCC. The molecule has 0 N–H and O–H groups in total. The third-order valence-corrected chi connectivity index (χ3v) is 10.3. The van der Waals surface area contributed by atoms with Gasteiger partial charge in [-0.1, -0.05) is 191 Å². The smallest absolute Gasteiger partial charge is 0.00626 e. The average molecular weight is 515 g/mol. The van der Waals surface area contributed by atoms with Crippen LogP contribution in [0, 0.1) is 11.8 Å². The van der Waals surface area contributed by atoms with Gasteiger partial charge in [0, 0.05) is 11.5 Å². The quantitative estimate of drug-likeness (QED) is 0.0718. The van der Waals surface area contributed by atoms with Crippen molar-refractivity contribution in [3.63, 3.8) is 0 Å². The molecule has 206 valence electrons. The van der Waals surface area contributed by atoms with Crippen molar-refractivity contribution in [2.45, 2.75) is 182 Å². The number of hydrogen-bond acceptors (Lipinski definition) is 2. The van der Waals surface area contributed by atoms with Crippen LogP contribution >= 0.6 is 21.6 Å². The van der Waals surface area contributed by atoms with Crippen LogP contribution in [0.15, 0.2) is 0 Å². The van der Waals surface area contributed by atoms with Gasteiger partial charge >= 0.3 is 0 Å². The summed E-state index contributed by atoms with van der Waals surface area (Å²) in [6, 6.07) is 0. The largest absolute Gasteiger partial charge is 0.0939 e. The topological polar surface area (TPSA) is 0 Å². The molecular weight excluding hydrogens is 448 g/mol. The Morgan fingerprint density at radius 2 is 0.588 bits per heavy atom. The lowest BCUT2D eigenvalue weighted by atomic mass is 10.0. The summed E-state index contributed by atoms with van der Waals surface area (Å²) in [5.41, 5.74) is 0.